The maximum absolute atomic E-state index is 11.6. The Morgan fingerprint density at radius 2 is 2.06 bits per heavy atom. The van der Waals surface area contributed by atoms with Gasteiger partial charge in [0.2, 0.25) is 0 Å². The van der Waals surface area contributed by atoms with Crippen molar-refractivity contribution >= 4 is 5.97 Å². The van der Waals surface area contributed by atoms with Crippen molar-refractivity contribution in [2.45, 2.75) is 45.2 Å². The number of carbonyl (C=O) groups is 1. The van der Waals surface area contributed by atoms with Gasteiger partial charge in [0.25, 0.3) is 0 Å². The second-order valence-corrected chi connectivity index (χ2v) is 4.79. The highest BCUT2D eigenvalue weighted by molar-refractivity contribution is 5.79. The van der Waals surface area contributed by atoms with Gasteiger partial charge >= 0.3 is 5.97 Å². The molecule has 0 aliphatic carbocycles. The first-order valence-electron chi connectivity index (χ1n) is 6.16. The van der Waals surface area contributed by atoms with Gasteiger partial charge in [-0.15, -0.1) is 0 Å². The van der Waals surface area contributed by atoms with Gasteiger partial charge in [0, 0.05) is 12.6 Å². The third-order valence-electron chi connectivity index (χ3n) is 4.03. The average molecular weight is 228 g/mol. The van der Waals surface area contributed by atoms with Gasteiger partial charge in [-0.2, -0.15) is 0 Å². The molecule has 4 nitrogen and oxygen atoms in total. The van der Waals surface area contributed by atoms with Crippen molar-refractivity contribution in [2.75, 3.05) is 26.7 Å². The zero-order valence-electron chi connectivity index (χ0n) is 10.9. The van der Waals surface area contributed by atoms with E-state index in [0.717, 1.165) is 32.5 Å². The Morgan fingerprint density at radius 1 is 1.50 bits per heavy atom. The minimum atomic E-state index is -0.656. The fraction of sp³-hybridized carbons (Fsp3) is 0.917. The minimum Gasteiger partial charge on any atom is -0.480 e. The summed E-state index contributed by atoms with van der Waals surface area (Å²) in [7, 11) is 2.07. The molecule has 94 valence electrons. The molecule has 16 heavy (non-hydrogen) atoms. The number of piperidine rings is 1. The molecule has 1 heterocycles. The monoisotopic (exact) mass is 228 g/mol. The summed E-state index contributed by atoms with van der Waals surface area (Å²) in [5.74, 6) is -0.656. The van der Waals surface area contributed by atoms with E-state index in [4.69, 9.17) is 0 Å². The summed E-state index contributed by atoms with van der Waals surface area (Å²) in [5.41, 5.74) is -0.643. The van der Waals surface area contributed by atoms with Crippen molar-refractivity contribution < 1.29 is 9.90 Å². The number of carboxylic acids is 1. The van der Waals surface area contributed by atoms with E-state index in [-0.39, 0.29) is 0 Å². The van der Waals surface area contributed by atoms with Crippen LogP contribution in [0.3, 0.4) is 0 Å². The fourth-order valence-corrected chi connectivity index (χ4v) is 2.77. The zero-order valence-corrected chi connectivity index (χ0v) is 10.9. The molecule has 0 spiro atoms. The molecule has 0 aromatic carbocycles. The predicted octanol–water partition coefficient (Wildman–Crippen LogP) is 1.27. The van der Waals surface area contributed by atoms with Crippen LogP contribution in [0.2, 0.25) is 0 Å². The summed E-state index contributed by atoms with van der Waals surface area (Å²) in [6.07, 6.45) is 1.45. The van der Waals surface area contributed by atoms with Crippen LogP contribution in [0, 0.1) is 0 Å². The van der Waals surface area contributed by atoms with Crippen molar-refractivity contribution in [3.63, 3.8) is 0 Å². The topological polar surface area (TPSA) is 43.8 Å². The van der Waals surface area contributed by atoms with Crippen LogP contribution in [0.15, 0.2) is 0 Å². The quantitative estimate of drug-likeness (QED) is 0.787. The number of nitrogens with zero attached hydrogens (tertiary/aromatic N) is 2. The van der Waals surface area contributed by atoms with Crippen LogP contribution in [-0.2, 0) is 4.79 Å². The summed E-state index contributed by atoms with van der Waals surface area (Å²) in [6.45, 7) is 8.66. The van der Waals surface area contributed by atoms with Crippen LogP contribution < -0.4 is 0 Å². The highest BCUT2D eigenvalue weighted by atomic mass is 16.4. The van der Waals surface area contributed by atoms with Gasteiger partial charge in [-0.25, -0.2) is 0 Å². The number of carboxylic acid groups (broad SMARTS) is 1. The van der Waals surface area contributed by atoms with Gasteiger partial charge in [0.15, 0.2) is 0 Å². The summed E-state index contributed by atoms with van der Waals surface area (Å²) >= 11 is 0. The van der Waals surface area contributed by atoms with Crippen molar-refractivity contribution in [1.29, 1.82) is 0 Å². The summed E-state index contributed by atoms with van der Waals surface area (Å²) in [4.78, 5) is 16.0. The molecule has 4 heteroatoms. The van der Waals surface area contributed by atoms with Crippen molar-refractivity contribution in [2.24, 2.45) is 0 Å². The van der Waals surface area contributed by atoms with E-state index >= 15 is 0 Å². The number of aliphatic carboxylic acids is 1. The lowest BCUT2D eigenvalue weighted by Gasteiger charge is -2.47. The van der Waals surface area contributed by atoms with Crippen LogP contribution in [0.4, 0.5) is 0 Å². The number of hydrogen-bond acceptors (Lipinski definition) is 3. The fourth-order valence-electron chi connectivity index (χ4n) is 2.77. The van der Waals surface area contributed by atoms with Crippen LogP contribution >= 0.6 is 0 Å². The molecule has 0 aromatic heterocycles. The van der Waals surface area contributed by atoms with E-state index in [1.165, 1.54) is 0 Å². The third-order valence-corrected chi connectivity index (χ3v) is 4.03. The number of likely N-dealkylation sites (tertiary alicyclic amines) is 1. The van der Waals surface area contributed by atoms with Gasteiger partial charge < -0.3 is 10.0 Å². The van der Waals surface area contributed by atoms with E-state index < -0.39 is 11.5 Å². The van der Waals surface area contributed by atoms with Crippen molar-refractivity contribution in [3.8, 4) is 0 Å². The predicted molar refractivity (Wildman–Crippen MR) is 64.6 cm³/mol. The number of hydrogen-bond donors (Lipinski definition) is 1. The summed E-state index contributed by atoms with van der Waals surface area (Å²) in [5, 5.41) is 9.57. The van der Waals surface area contributed by atoms with Gasteiger partial charge in [-0.05, 0) is 39.9 Å². The molecular formula is C12H24N2O2. The molecule has 1 aliphatic rings. The molecule has 0 bridgehead atoms. The molecule has 1 saturated heterocycles. The van der Waals surface area contributed by atoms with Crippen LogP contribution in [0.1, 0.15) is 33.6 Å². The third kappa shape index (κ3) is 2.23. The SMILES string of the molecule is CCN(CC)C1(C(=O)O)CCN(C)C(C)C1. The first-order valence-corrected chi connectivity index (χ1v) is 6.16. The number of rotatable bonds is 4. The van der Waals surface area contributed by atoms with Gasteiger partial charge in [-0.1, -0.05) is 13.8 Å². The minimum absolute atomic E-state index is 0.338. The lowest BCUT2D eigenvalue weighted by Crippen LogP contribution is -2.61. The van der Waals surface area contributed by atoms with Gasteiger partial charge in [-0.3, -0.25) is 9.69 Å². The molecule has 0 saturated carbocycles. The van der Waals surface area contributed by atoms with E-state index in [2.05, 4.69) is 23.8 Å². The van der Waals surface area contributed by atoms with Crippen molar-refractivity contribution in [1.82, 2.24) is 9.80 Å². The Bertz CT molecular complexity index is 253. The first-order chi connectivity index (χ1) is 7.47. The van der Waals surface area contributed by atoms with E-state index in [0.29, 0.717) is 6.04 Å². The lowest BCUT2D eigenvalue weighted by atomic mass is 9.82. The van der Waals surface area contributed by atoms with Gasteiger partial charge in [0.05, 0.1) is 0 Å². The standard InChI is InChI=1S/C12H24N2O2/c1-5-14(6-2)12(11(15)16)7-8-13(4)10(3)9-12/h10H,5-9H2,1-4H3,(H,15,16). The molecule has 0 radical (unpaired) electrons. The largest absolute Gasteiger partial charge is 0.480 e. The second-order valence-electron chi connectivity index (χ2n) is 4.79. The summed E-state index contributed by atoms with van der Waals surface area (Å²) in [6, 6.07) is 0.338. The number of likely N-dealkylation sites (N-methyl/N-ethyl adjacent to an activating group) is 1. The molecule has 1 N–H and O–H groups in total. The molecule has 1 aliphatic heterocycles. The molecular weight excluding hydrogens is 204 g/mol. The second kappa shape index (κ2) is 5.15. The molecule has 1 fully saturated rings. The van der Waals surface area contributed by atoms with Crippen molar-refractivity contribution in [3.05, 3.63) is 0 Å². The lowest BCUT2D eigenvalue weighted by molar-refractivity contribution is -0.156. The van der Waals surface area contributed by atoms with Gasteiger partial charge in [0.1, 0.15) is 5.54 Å². The first kappa shape index (κ1) is 13.5. The normalized spacial score (nSPS) is 31.9. The van der Waals surface area contributed by atoms with E-state index in [1.807, 2.05) is 13.8 Å². The Hall–Kier alpha value is -0.610. The van der Waals surface area contributed by atoms with E-state index in [1.54, 1.807) is 0 Å². The molecule has 1 rings (SSSR count). The van der Waals surface area contributed by atoms with E-state index in [9.17, 15) is 9.90 Å². The maximum atomic E-state index is 11.6. The molecule has 0 aromatic rings. The Kier molecular flexibility index (Phi) is 4.33. The molecule has 0 amide bonds. The molecule has 2 unspecified atom stereocenters. The maximum Gasteiger partial charge on any atom is 0.324 e. The Labute approximate surface area is 98.2 Å². The average Bonchev–Trinajstić information content (AvgIpc) is 2.24. The highest BCUT2D eigenvalue weighted by Crippen LogP contribution is 2.32. The van der Waals surface area contributed by atoms with Crippen LogP contribution in [0.25, 0.3) is 0 Å². The van der Waals surface area contributed by atoms with Crippen LogP contribution in [0.5, 0.6) is 0 Å². The zero-order chi connectivity index (χ0) is 12.3. The Morgan fingerprint density at radius 3 is 2.44 bits per heavy atom. The highest BCUT2D eigenvalue weighted by Gasteiger charge is 2.46. The summed E-state index contributed by atoms with van der Waals surface area (Å²) < 4.78 is 0. The Balaban J connectivity index is 2.93. The van der Waals surface area contributed by atoms with Crippen LogP contribution in [-0.4, -0.2) is 59.1 Å². The molecule has 2 atom stereocenters. The smallest absolute Gasteiger partial charge is 0.324 e.